The number of hydrogen-bond acceptors (Lipinski definition) is 3. The van der Waals surface area contributed by atoms with Gasteiger partial charge in [-0.05, 0) is 69.0 Å². The molecule has 2 rings (SSSR count). The third kappa shape index (κ3) is 4.72. The molecule has 2 aromatic carbocycles. The van der Waals surface area contributed by atoms with E-state index < -0.39 is 0 Å². The van der Waals surface area contributed by atoms with Crippen molar-refractivity contribution < 1.29 is 9.53 Å². The number of rotatable bonds is 6. The van der Waals surface area contributed by atoms with Gasteiger partial charge in [-0.3, -0.25) is 0 Å². The van der Waals surface area contributed by atoms with Gasteiger partial charge >= 0.3 is 5.97 Å². The van der Waals surface area contributed by atoms with Crippen molar-refractivity contribution in [1.82, 2.24) is 4.90 Å². The number of carbonyl (C=O) groups excluding carboxylic acids is 1. The molecule has 138 valence electrons. The standard InChI is InChI=1S/C22H28N2O2/c1-7-24(6)14-23-21-13-16(3)20(12-17(21)4)22(25)26-18(5)19-11-9-8-10-15(19)2/h8-14,18H,7H2,1-6H3. The summed E-state index contributed by atoms with van der Waals surface area (Å²) >= 11 is 0. The molecule has 0 aliphatic rings. The number of ether oxygens (including phenoxy) is 1. The fourth-order valence-electron chi connectivity index (χ4n) is 2.73. The fourth-order valence-corrected chi connectivity index (χ4v) is 2.73. The predicted octanol–water partition coefficient (Wildman–Crippen LogP) is 5.14. The number of esters is 1. The second kappa shape index (κ2) is 8.65. The Morgan fingerprint density at radius 1 is 1.15 bits per heavy atom. The average Bonchev–Trinajstić information content (AvgIpc) is 2.61. The van der Waals surface area contributed by atoms with Gasteiger partial charge in [-0.15, -0.1) is 0 Å². The van der Waals surface area contributed by atoms with E-state index in [0.29, 0.717) is 5.56 Å². The van der Waals surface area contributed by atoms with Gasteiger partial charge in [-0.25, -0.2) is 9.79 Å². The monoisotopic (exact) mass is 352 g/mol. The minimum Gasteiger partial charge on any atom is -0.454 e. The van der Waals surface area contributed by atoms with Gasteiger partial charge < -0.3 is 9.64 Å². The minimum absolute atomic E-state index is 0.292. The van der Waals surface area contributed by atoms with Crippen molar-refractivity contribution in [3.8, 4) is 0 Å². The maximum absolute atomic E-state index is 12.7. The summed E-state index contributed by atoms with van der Waals surface area (Å²) in [5, 5.41) is 0. The van der Waals surface area contributed by atoms with Gasteiger partial charge in [0.25, 0.3) is 0 Å². The number of benzene rings is 2. The zero-order valence-electron chi connectivity index (χ0n) is 16.5. The lowest BCUT2D eigenvalue weighted by Crippen LogP contribution is -2.14. The molecule has 4 nitrogen and oxygen atoms in total. The second-order valence-corrected chi connectivity index (χ2v) is 6.68. The highest BCUT2D eigenvalue weighted by Crippen LogP contribution is 2.26. The Bertz CT molecular complexity index is 812. The van der Waals surface area contributed by atoms with E-state index in [1.54, 1.807) is 6.34 Å². The SMILES string of the molecule is CCN(C)C=Nc1cc(C)c(C(=O)OC(C)c2ccccc2C)cc1C. The smallest absolute Gasteiger partial charge is 0.339 e. The Hall–Kier alpha value is -2.62. The molecule has 0 amide bonds. The number of aryl methyl sites for hydroxylation is 3. The first-order valence-electron chi connectivity index (χ1n) is 8.95. The van der Waals surface area contributed by atoms with Crippen molar-refractivity contribution in [1.29, 1.82) is 0 Å². The summed E-state index contributed by atoms with van der Waals surface area (Å²) in [6, 6.07) is 11.8. The molecule has 0 aromatic heterocycles. The highest BCUT2D eigenvalue weighted by atomic mass is 16.5. The molecule has 0 radical (unpaired) electrons. The maximum Gasteiger partial charge on any atom is 0.339 e. The van der Waals surface area contributed by atoms with Crippen molar-refractivity contribution in [2.45, 2.75) is 40.7 Å². The Labute approximate surface area is 156 Å². The van der Waals surface area contributed by atoms with Crippen LogP contribution in [0.1, 0.15) is 52.6 Å². The summed E-state index contributed by atoms with van der Waals surface area (Å²) in [6.45, 7) is 10.8. The Kier molecular flexibility index (Phi) is 6.56. The van der Waals surface area contributed by atoms with Gasteiger partial charge in [0.15, 0.2) is 0 Å². The third-order valence-corrected chi connectivity index (χ3v) is 4.57. The van der Waals surface area contributed by atoms with Crippen LogP contribution in [0.4, 0.5) is 5.69 Å². The largest absolute Gasteiger partial charge is 0.454 e. The number of nitrogens with zero attached hydrogens (tertiary/aromatic N) is 2. The van der Waals surface area contributed by atoms with Crippen molar-refractivity contribution >= 4 is 18.0 Å². The highest BCUT2D eigenvalue weighted by Gasteiger charge is 2.18. The molecule has 1 atom stereocenters. The molecule has 4 heteroatoms. The molecular weight excluding hydrogens is 324 g/mol. The van der Waals surface area contributed by atoms with Crippen LogP contribution < -0.4 is 0 Å². The van der Waals surface area contributed by atoms with Crippen LogP contribution in [0.15, 0.2) is 41.4 Å². The van der Waals surface area contributed by atoms with Gasteiger partial charge in [-0.1, -0.05) is 24.3 Å². The van der Waals surface area contributed by atoms with Crippen molar-refractivity contribution in [3.05, 3.63) is 64.2 Å². The molecule has 0 aliphatic heterocycles. The van der Waals surface area contributed by atoms with Crippen LogP contribution >= 0.6 is 0 Å². The lowest BCUT2D eigenvalue weighted by molar-refractivity contribution is 0.0336. The van der Waals surface area contributed by atoms with E-state index in [-0.39, 0.29) is 12.1 Å². The fraction of sp³-hybridized carbons (Fsp3) is 0.364. The van der Waals surface area contributed by atoms with Crippen molar-refractivity contribution in [3.63, 3.8) is 0 Å². The molecule has 0 saturated carbocycles. The normalized spacial score (nSPS) is 12.2. The molecule has 1 unspecified atom stereocenters. The first-order valence-corrected chi connectivity index (χ1v) is 8.95. The Balaban J connectivity index is 2.20. The van der Waals surface area contributed by atoms with Crippen LogP contribution in [0.3, 0.4) is 0 Å². The molecular formula is C22H28N2O2. The van der Waals surface area contributed by atoms with E-state index in [1.807, 2.05) is 76.0 Å². The topological polar surface area (TPSA) is 41.9 Å². The molecule has 0 aliphatic carbocycles. The zero-order chi connectivity index (χ0) is 19.3. The zero-order valence-corrected chi connectivity index (χ0v) is 16.5. The van der Waals surface area contributed by atoms with E-state index in [4.69, 9.17) is 4.74 Å². The molecule has 0 bridgehead atoms. The van der Waals surface area contributed by atoms with Gasteiger partial charge in [-0.2, -0.15) is 0 Å². The number of hydrogen-bond donors (Lipinski definition) is 0. The van der Waals surface area contributed by atoms with Crippen LogP contribution in [0.5, 0.6) is 0 Å². The minimum atomic E-state index is -0.303. The van der Waals surface area contributed by atoms with Crippen LogP contribution in [-0.2, 0) is 4.74 Å². The molecule has 26 heavy (non-hydrogen) atoms. The number of carbonyl (C=O) groups is 1. The van der Waals surface area contributed by atoms with Crippen LogP contribution in [0, 0.1) is 20.8 Å². The van der Waals surface area contributed by atoms with E-state index >= 15 is 0 Å². The van der Waals surface area contributed by atoms with E-state index in [9.17, 15) is 4.79 Å². The number of aliphatic imine (C=N–C) groups is 1. The molecule has 0 N–H and O–H groups in total. The van der Waals surface area contributed by atoms with Crippen molar-refractivity contribution in [2.75, 3.05) is 13.6 Å². The van der Waals surface area contributed by atoms with E-state index in [0.717, 1.165) is 34.5 Å². The summed E-state index contributed by atoms with van der Waals surface area (Å²) in [7, 11) is 1.98. The van der Waals surface area contributed by atoms with E-state index in [1.165, 1.54) is 0 Å². The predicted molar refractivity (Wildman–Crippen MR) is 107 cm³/mol. The van der Waals surface area contributed by atoms with Gasteiger partial charge in [0.05, 0.1) is 17.6 Å². The highest BCUT2D eigenvalue weighted by molar-refractivity contribution is 5.92. The van der Waals surface area contributed by atoms with Crippen LogP contribution in [-0.4, -0.2) is 30.8 Å². The summed E-state index contributed by atoms with van der Waals surface area (Å²) in [5.74, 6) is -0.303. The second-order valence-electron chi connectivity index (χ2n) is 6.68. The molecule has 0 heterocycles. The van der Waals surface area contributed by atoms with E-state index in [2.05, 4.69) is 11.9 Å². The van der Waals surface area contributed by atoms with Gasteiger partial charge in [0.2, 0.25) is 0 Å². The molecule has 0 saturated heterocycles. The molecule has 0 fully saturated rings. The Morgan fingerprint density at radius 3 is 2.50 bits per heavy atom. The van der Waals surface area contributed by atoms with Crippen molar-refractivity contribution in [2.24, 2.45) is 4.99 Å². The van der Waals surface area contributed by atoms with Gasteiger partial charge in [0.1, 0.15) is 6.10 Å². The lowest BCUT2D eigenvalue weighted by atomic mass is 10.0. The summed E-state index contributed by atoms with van der Waals surface area (Å²) < 4.78 is 5.71. The maximum atomic E-state index is 12.7. The first-order chi connectivity index (χ1) is 12.3. The van der Waals surface area contributed by atoms with Crippen LogP contribution in [0.25, 0.3) is 0 Å². The Morgan fingerprint density at radius 2 is 1.85 bits per heavy atom. The third-order valence-electron chi connectivity index (χ3n) is 4.57. The summed E-state index contributed by atoms with van der Waals surface area (Å²) in [6.07, 6.45) is 1.51. The molecule has 2 aromatic rings. The quantitative estimate of drug-likeness (QED) is 0.410. The molecule has 0 spiro atoms. The summed E-state index contributed by atoms with van der Waals surface area (Å²) in [4.78, 5) is 19.2. The average molecular weight is 352 g/mol. The summed E-state index contributed by atoms with van der Waals surface area (Å²) in [5.41, 5.74) is 5.41. The lowest BCUT2D eigenvalue weighted by Gasteiger charge is -2.17. The first kappa shape index (κ1) is 19.7. The van der Waals surface area contributed by atoms with Gasteiger partial charge in [0, 0.05) is 13.6 Å². The van der Waals surface area contributed by atoms with Crippen LogP contribution in [0.2, 0.25) is 0 Å².